The number of rotatable bonds is 9. The highest BCUT2D eigenvalue weighted by Gasteiger charge is 2.44. The summed E-state index contributed by atoms with van der Waals surface area (Å²) < 4.78 is 17.7. The van der Waals surface area contributed by atoms with Gasteiger partial charge in [-0.05, 0) is 54.6 Å². The molecule has 1 aromatic heterocycles. The number of likely N-dealkylation sites (N-methyl/N-ethyl adjacent to an activating group) is 1. The van der Waals surface area contributed by atoms with E-state index in [4.69, 9.17) is 16.9 Å². The number of nitrogens with zero attached hydrogens (tertiary/aromatic N) is 4. The van der Waals surface area contributed by atoms with Crippen molar-refractivity contribution in [2.24, 2.45) is 7.05 Å². The first-order valence-corrected chi connectivity index (χ1v) is 12.3. The van der Waals surface area contributed by atoms with E-state index in [1.165, 1.54) is 48.6 Å². The number of aromatic nitrogens is 2. The van der Waals surface area contributed by atoms with Gasteiger partial charge in [-0.3, -0.25) is 9.69 Å². The predicted octanol–water partition coefficient (Wildman–Crippen LogP) is 3.84. The second-order valence-electron chi connectivity index (χ2n) is 9.17. The standard InChI is InChI=1S/C29H26ClFN4O4/c1-34-14-25(33-17-34)28(38)20-11-21(15-36)27(24(31)12-20)29(39,22-7-9-23(30)10-8-22)35(2)26(16-37)19-5-3-18(13-32)4-6-19/h3-12,14-15,17,26,28,37-39H,16H2,1-2H3. The van der Waals surface area contributed by atoms with E-state index < -0.39 is 30.3 Å². The topological polar surface area (TPSA) is 123 Å². The van der Waals surface area contributed by atoms with Crippen molar-refractivity contribution >= 4 is 17.9 Å². The molecule has 3 aromatic carbocycles. The van der Waals surface area contributed by atoms with E-state index in [0.29, 0.717) is 22.4 Å². The molecule has 0 aliphatic rings. The van der Waals surface area contributed by atoms with Crippen LogP contribution < -0.4 is 0 Å². The molecular formula is C29H26ClFN4O4. The number of carbonyl (C=O) groups excluding carboxylic acids is 1. The van der Waals surface area contributed by atoms with Crippen molar-refractivity contribution in [1.29, 1.82) is 5.26 Å². The largest absolute Gasteiger partial charge is 0.394 e. The Balaban J connectivity index is 1.91. The van der Waals surface area contributed by atoms with Crippen molar-refractivity contribution in [3.63, 3.8) is 0 Å². The molecule has 1 heterocycles. The van der Waals surface area contributed by atoms with Crippen LogP contribution in [0.4, 0.5) is 4.39 Å². The first-order valence-electron chi connectivity index (χ1n) is 11.9. The monoisotopic (exact) mass is 548 g/mol. The summed E-state index contributed by atoms with van der Waals surface area (Å²) in [5.74, 6) is -0.953. The van der Waals surface area contributed by atoms with E-state index in [2.05, 4.69) is 4.98 Å². The number of aliphatic hydroxyl groups excluding tert-OH is 2. The normalized spacial score (nSPS) is 14.4. The Labute approximate surface area is 229 Å². The summed E-state index contributed by atoms with van der Waals surface area (Å²) in [5, 5.41) is 43.1. The molecule has 0 radical (unpaired) electrons. The Bertz CT molecular complexity index is 1520. The lowest BCUT2D eigenvalue weighted by atomic mass is 9.86. The second kappa shape index (κ2) is 11.5. The summed E-state index contributed by atoms with van der Waals surface area (Å²) in [6, 6.07) is 15.9. The fourth-order valence-electron chi connectivity index (χ4n) is 4.68. The van der Waals surface area contributed by atoms with Gasteiger partial charge in [0.2, 0.25) is 0 Å². The Kier molecular flexibility index (Phi) is 8.25. The van der Waals surface area contributed by atoms with Crippen LogP contribution in [0, 0.1) is 17.1 Å². The maximum absolute atomic E-state index is 16.1. The zero-order valence-electron chi connectivity index (χ0n) is 21.2. The van der Waals surface area contributed by atoms with E-state index in [1.54, 1.807) is 42.1 Å². The van der Waals surface area contributed by atoms with Crippen molar-refractivity contribution in [2.45, 2.75) is 17.9 Å². The zero-order chi connectivity index (χ0) is 28.3. The molecule has 0 aliphatic carbocycles. The molecule has 200 valence electrons. The number of hydrogen-bond donors (Lipinski definition) is 3. The van der Waals surface area contributed by atoms with Gasteiger partial charge < -0.3 is 19.9 Å². The number of nitriles is 1. The van der Waals surface area contributed by atoms with Gasteiger partial charge in [0, 0.05) is 35.0 Å². The first-order chi connectivity index (χ1) is 18.6. The summed E-state index contributed by atoms with van der Waals surface area (Å²) in [7, 11) is 3.20. The summed E-state index contributed by atoms with van der Waals surface area (Å²) in [6.45, 7) is -0.479. The Morgan fingerprint density at radius 3 is 2.38 bits per heavy atom. The number of halogens is 2. The van der Waals surface area contributed by atoms with Crippen LogP contribution >= 0.6 is 11.6 Å². The number of aldehydes is 1. The molecule has 0 aliphatic heterocycles. The number of benzene rings is 3. The van der Waals surface area contributed by atoms with Gasteiger partial charge in [0.05, 0.1) is 36.3 Å². The fraction of sp³-hybridized carbons (Fsp3) is 0.207. The fourth-order valence-corrected chi connectivity index (χ4v) is 4.80. The SMILES string of the molecule is CN(C(CO)c1ccc(C#N)cc1)C(O)(c1ccc(Cl)cc1)c1c(F)cc(C(O)c2cn(C)cn2)cc1C=O. The van der Waals surface area contributed by atoms with Crippen LogP contribution in [0.25, 0.3) is 0 Å². The van der Waals surface area contributed by atoms with Crippen LogP contribution in [-0.2, 0) is 12.8 Å². The molecule has 3 atom stereocenters. The molecule has 0 spiro atoms. The third-order valence-corrected chi connectivity index (χ3v) is 7.01. The van der Waals surface area contributed by atoms with Crippen LogP contribution in [0.1, 0.15) is 56.0 Å². The van der Waals surface area contributed by atoms with Crippen LogP contribution in [0.3, 0.4) is 0 Å². The summed E-state index contributed by atoms with van der Waals surface area (Å²) in [5.41, 5.74) is -1.39. The molecule has 39 heavy (non-hydrogen) atoms. The highest BCUT2D eigenvalue weighted by Crippen LogP contribution is 2.42. The molecule has 3 N–H and O–H groups in total. The predicted molar refractivity (Wildman–Crippen MR) is 142 cm³/mol. The van der Waals surface area contributed by atoms with Gasteiger partial charge in [-0.2, -0.15) is 5.26 Å². The number of carbonyl (C=O) groups is 1. The third kappa shape index (κ3) is 5.34. The zero-order valence-corrected chi connectivity index (χ0v) is 21.9. The molecule has 4 rings (SSSR count). The van der Waals surface area contributed by atoms with Gasteiger partial charge in [0.25, 0.3) is 0 Å². The van der Waals surface area contributed by atoms with Crippen molar-refractivity contribution in [1.82, 2.24) is 14.5 Å². The quantitative estimate of drug-likeness (QED) is 0.214. The molecule has 10 heteroatoms. The molecule has 0 amide bonds. The van der Waals surface area contributed by atoms with Gasteiger partial charge in [0.15, 0.2) is 12.0 Å². The summed E-state index contributed by atoms with van der Waals surface area (Å²) in [4.78, 5) is 17.8. The van der Waals surface area contributed by atoms with Crippen molar-refractivity contribution in [2.75, 3.05) is 13.7 Å². The van der Waals surface area contributed by atoms with E-state index in [9.17, 15) is 20.1 Å². The molecule has 0 bridgehead atoms. The Morgan fingerprint density at radius 1 is 1.18 bits per heavy atom. The lowest BCUT2D eigenvalue weighted by molar-refractivity contribution is -0.101. The van der Waals surface area contributed by atoms with Gasteiger partial charge in [-0.25, -0.2) is 9.37 Å². The molecule has 8 nitrogen and oxygen atoms in total. The molecule has 0 fully saturated rings. The van der Waals surface area contributed by atoms with E-state index in [0.717, 1.165) is 6.07 Å². The number of aliphatic hydroxyl groups is 3. The van der Waals surface area contributed by atoms with Gasteiger partial charge >= 0.3 is 0 Å². The highest BCUT2D eigenvalue weighted by atomic mass is 35.5. The minimum atomic E-state index is -2.28. The number of aryl methyl sites for hydroxylation is 1. The van der Waals surface area contributed by atoms with E-state index >= 15 is 4.39 Å². The Morgan fingerprint density at radius 2 is 1.85 bits per heavy atom. The van der Waals surface area contributed by atoms with Crippen LogP contribution in [0.5, 0.6) is 0 Å². The molecular weight excluding hydrogens is 523 g/mol. The average molecular weight is 549 g/mol. The second-order valence-corrected chi connectivity index (χ2v) is 9.61. The van der Waals surface area contributed by atoms with E-state index in [1.807, 2.05) is 6.07 Å². The van der Waals surface area contributed by atoms with Crippen LogP contribution in [-0.4, -0.2) is 49.7 Å². The van der Waals surface area contributed by atoms with Crippen molar-refractivity contribution in [3.05, 3.63) is 123 Å². The Hall–Kier alpha value is -3.91. The van der Waals surface area contributed by atoms with Gasteiger partial charge in [-0.1, -0.05) is 35.9 Å². The molecule has 0 saturated carbocycles. The van der Waals surface area contributed by atoms with Crippen LogP contribution in [0.2, 0.25) is 5.02 Å². The third-order valence-electron chi connectivity index (χ3n) is 6.76. The van der Waals surface area contributed by atoms with Crippen LogP contribution in [0.15, 0.2) is 73.2 Å². The minimum absolute atomic E-state index is 0.0731. The lowest BCUT2D eigenvalue weighted by Crippen LogP contribution is -2.48. The van der Waals surface area contributed by atoms with Crippen molar-refractivity contribution < 1.29 is 24.5 Å². The molecule has 0 saturated heterocycles. The smallest absolute Gasteiger partial charge is 0.174 e. The van der Waals surface area contributed by atoms with Gasteiger partial charge in [-0.15, -0.1) is 0 Å². The highest BCUT2D eigenvalue weighted by molar-refractivity contribution is 6.30. The van der Waals surface area contributed by atoms with Crippen molar-refractivity contribution in [3.8, 4) is 6.07 Å². The minimum Gasteiger partial charge on any atom is -0.394 e. The molecule has 4 aromatic rings. The molecule has 3 unspecified atom stereocenters. The number of hydrogen-bond acceptors (Lipinski definition) is 7. The van der Waals surface area contributed by atoms with E-state index in [-0.39, 0.29) is 27.9 Å². The van der Waals surface area contributed by atoms with Gasteiger partial charge in [0.1, 0.15) is 11.9 Å². The summed E-state index contributed by atoms with van der Waals surface area (Å²) >= 11 is 6.08. The summed E-state index contributed by atoms with van der Waals surface area (Å²) in [6.07, 6.45) is 2.13. The average Bonchev–Trinajstić information content (AvgIpc) is 3.38. The maximum atomic E-state index is 16.1. The number of imidazole rings is 1. The lowest BCUT2D eigenvalue weighted by Gasteiger charge is -2.43. The first kappa shape index (κ1) is 28.1. The maximum Gasteiger partial charge on any atom is 0.174 e.